The molecule has 0 spiro atoms. The fourth-order valence-electron chi connectivity index (χ4n) is 2.16. The predicted octanol–water partition coefficient (Wildman–Crippen LogP) is 2.77. The first kappa shape index (κ1) is 10.5. The van der Waals surface area contributed by atoms with Crippen LogP contribution in [0.25, 0.3) is 0 Å². The molecule has 0 heterocycles. The molecule has 2 heteroatoms. The van der Waals surface area contributed by atoms with Gasteiger partial charge in [0.1, 0.15) is 5.75 Å². The molecule has 2 rings (SSSR count). The molecule has 82 valence electrons. The number of nitrogens with two attached hydrogens (primary N) is 1. The predicted molar refractivity (Wildman–Crippen MR) is 62.2 cm³/mol. The Labute approximate surface area is 91.4 Å². The first-order valence-electron chi connectivity index (χ1n) is 5.55. The van der Waals surface area contributed by atoms with Crippen molar-refractivity contribution in [3.8, 4) is 5.75 Å². The third kappa shape index (κ3) is 1.74. The highest BCUT2D eigenvalue weighted by molar-refractivity contribution is 5.47. The second-order valence-electron chi connectivity index (χ2n) is 4.73. The molecular weight excluding hydrogens is 186 g/mol. The summed E-state index contributed by atoms with van der Waals surface area (Å²) >= 11 is 0. The second kappa shape index (κ2) is 3.53. The van der Waals surface area contributed by atoms with Crippen molar-refractivity contribution in [1.82, 2.24) is 0 Å². The number of benzene rings is 1. The molecule has 15 heavy (non-hydrogen) atoms. The fourth-order valence-corrected chi connectivity index (χ4v) is 2.16. The van der Waals surface area contributed by atoms with Crippen LogP contribution in [-0.4, -0.2) is 7.11 Å². The molecule has 0 amide bonds. The van der Waals surface area contributed by atoms with Crippen LogP contribution in [-0.2, 0) is 5.54 Å². The van der Waals surface area contributed by atoms with E-state index in [0.717, 1.165) is 18.6 Å². The van der Waals surface area contributed by atoms with Crippen molar-refractivity contribution in [1.29, 1.82) is 0 Å². The largest absolute Gasteiger partial charge is 0.496 e. The lowest BCUT2D eigenvalue weighted by molar-refractivity contribution is 0.405. The van der Waals surface area contributed by atoms with Crippen molar-refractivity contribution in [2.45, 2.75) is 38.1 Å². The first-order chi connectivity index (χ1) is 7.08. The summed E-state index contributed by atoms with van der Waals surface area (Å²) in [5.41, 5.74) is 8.75. The summed E-state index contributed by atoms with van der Waals surface area (Å²) in [6, 6.07) is 6.20. The normalized spacial score (nSPS) is 17.9. The van der Waals surface area contributed by atoms with E-state index >= 15 is 0 Å². The maximum Gasteiger partial charge on any atom is 0.122 e. The van der Waals surface area contributed by atoms with Gasteiger partial charge in [-0.05, 0) is 30.4 Å². The maximum absolute atomic E-state index is 6.27. The Morgan fingerprint density at radius 2 is 2.00 bits per heavy atom. The van der Waals surface area contributed by atoms with E-state index in [-0.39, 0.29) is 5.54 Å². The monoisotopic (exact) mass is 205 g/mol. The Kier molecular flexibility index (Phi) is 2.47. The Hall–Kier alpha value is -1.02. The molecule has 1 aliphatic rings. The standard InChI is InChI=1S/C13H19NO/c1-9(2)12-10(13(14)7-8-13)5-4-6-11(12)15-3/h4-6,9H,7-8,14H2,1-3H3. The van der Waals surface area contributed by atoms with Crippen LogP contribution in [0.5, 0.6) is 5.75 Å². The third-order valence-corrected chi connectivity index (χ3v) is 3.19. The van der Waals surface area contributed by atoms with Crippen molar-refractivity contribution in [2.24, 2.45) is 5.73 Å². The topological polar surface area (TPSA) is 35.2 Å². The highest BCUT2D eigenvalue weighted by atomic mass is 16.5. The van der Waals surface area contributed by atoms with Crippen molar-refractivity contribution in [3.63, 3.8) is 0 Å². The highest BCUT2D eigenvalue weighted by Crippen LogP contribution is 2.47. The van der Waals surface area contributed by atoms with Gasteiger partial charge in [-0.15, -0.1) is 0 Å². The van der Waals surface area contributed by atoms with Gasteiger partial charge in [0, 0.05) is 11.1 Å². The fraction of sp³-hybridized carbons (Fsp3) is 0.538. The van der Waals surface area contributed by atoms with Crippen LogP contribution < -0.4 is 10.5 Å². The lowest BCUT2D eigenvalue weighted by atomic mass is 9.91. The number of ether oxygens (including phenoxy) is 1. The van der Waals surface area contributed by atoms with E-state index in [1.807, 2.05) is 12.1 Å². The lowest BCUT2D eigenvalue weighted by Crippen LogP contribution is -2.21. The van der Waals surface area contributed by atoms with Gasteiger partial charge >= 0.3 is 0 Å². The zero-order valence-electron chi connectivity index (χ0n) is 9.71. The molecule has 2 nitrogen and oxygen atoms in total. The molecule has 1 fully saturated rings. The lowest BCUT2D eigenvalue weighted by Gasteiger charge is -2.20. The molecule has 0 saturated heterocycles. The van der Waals surface area contributed by atoms with E-state index in [9.17, 15) is 0 Å². The summed E-state index contributed by atoms with van der Waals surface area (Å²) in [6.45, 7) is 4.38. The summed E-state index contributed by atoms with van der Waals surface area (Å²) in [4.78, 5) is 0. The summed E-state index contributed by atoms with van der Waals surface area (Å²) in [6.07, 6.45) is 2.19. The van der Waals surface area contributed by atoms with Crippen LogP contribution in [0.4, 0.5) is 0 Å². The summed E-state index contributed by atoms with van der Waals surface area (Å²) in [5, 5.41) is 0. The van der Waals surface area contributed by atoms with E-state index in [1.165, 1.54) is 11.1 Å². The zero-order chi connectivity index (χ0) is 11.1. The van der Waals surface area contributed by atoms with Gasteiger partial charge in [0.25, 0.3) is 0 Å². The van der Waals surface area contributed by atoms with Crippen LogP contribution in [0.3, 0.4) is 0 Å². The SMILES string of the molecule is COc1cccc(C2(N)CC2)c1C(C)C. The summed E-state index contributed by atoms with van der Waals surface area (Å²) in [5.74, 6) is 1.43. The van der Waals surface area contributed by atoms with Gasteiger partial charge < -0.3 is 10.5 Å². The molecule has 0 aromatic heterocycles. The minimum Gasteiger partial charge on any atom is -0.496 e. The van der Waals surface area contributed by atoms with Crippen molar-refractivity contribution in [2.75, 3.05) is 7.11 Å². The summed E-state index contributed by atoms with van der Waals surface area (Å²) in [7, 11) is 1.72. The van der Waals surface area contributed by atoms with Crippen molar-refractivity contribution < 1.29 is 4.74 Å². The quantitative estimate of drug-likeness (QED) is 0.823. The number of hydrogen-bond donors (Lipinski definition) is 1. The molecule has 1 saturated carbocycles. The van der Waals surface area contributed by atoms with Crippen molar-refractivity contribution in [3.05, 3.63) is 29.3 Å². The molecule has 0 radical (unpaired) electrons. The molecule has 0 unspecified atom stereocenters. The second-order valence-corrected chi connectivity index (χ2v) is 4.73. The highest BCUT2D eigenvalue weighted by Gasteiger charge is 2.42. The number of rotatable bonds is 3. The van der Waals surface area contributed by atoms with Crippen LogP contribution in [0.2, 0.25) is 0 Å². The molecule has 1 aliphatic carbocycles. The Bertz CT molecular complexity index is 367. The molecule has 1 aromatic carbocycles. The minimum atomic E-state index is -0.0753. The van der Waals surface area contributed by atoms with Crippen molar-refractivity contribution >= 4 is 0 Å². The van der Waals surface area contributed by atoms with Gasteiger partial charge in [0.15, 0.2) is 0 Å². The van der Waals surface area contributed by atoms with Gasteiger partial charge in [-0.1, -0.05) is 26.0 Å². The first-order valence-corrected chi connectivity index (χ1v) is 5.55. The van der Waals surface area contributed by atoms with Gasteiger partial charge in [0.2, 0.25) is 0 Å². The van der Waals surface area contributed by atoms with E-state index in [2.05, 4.69) is 19.9 Å². The Balaban J connectivity index is 2.53. The molecule has 0 bridgehead atoms. The van der Waals surface area contributed by atoms with Gasteiger partial charge in [-0.3, -0.25) is 0 Å². The Morgan fingerprint density at radius 3 is 2.47 bits per heavy atom. The zero-order valence-corrected chi connectivity index (χ0v) is 9.71. The van der Waals surface area contributed by atoms with Gasteiger partial charge in [-0.25, -0.2) is 0 Å². The molecular formula is C13H19NO. The van der Waals surface area contributed by atoms with Crippen LogP contribution in [0, 0.1) is 0 Å². The number of hydrogen-bond acceptors (Lipinski definition) is 2. The van der Waals surface area contributed by atoms with Crippen LogP contribution in [0.15, 0.2) is 18.2 Å². The van der Waals surface area contributed by atoms with E-state index in [0.29, 0.717) is 5.92 Å². The molecule has 0 atom stereocenters. The molecule has 1 aromatic rings. The van der Waals surface area contributed by atoms with Crippen LogP contribution in [0.1, 0.15) is 43.7 Å². The minimum absolute atomic E-state index is 0.0753. The average molecular weight is 205 g/mol. The average Bonchev–Trinajstić information content (AvgIpc) is 2.96. The van der Waals surface area contributed by atoms with E-state index < -0.39 is 0 Å². The smallest absolute Gasteiger partial charge is 0.122 e. The van der Waals surface area contributed by atoms with Gasteiger partial charge in [0.05, 0.1) is 7.11 Å². The third-order valence-electron chi connectivity index (χ3n) is 3.19. The van der Waals surface area contributed by atoms with E-state index in [1.54, 1.807) is 7.11 Å². The molecule has 0 aliphatic heterocycles. The molecule has 2 N–H and O–H groups in total. The summed E-state index contributed by atoms with van der Waals surface area (Å²) < 4.78 is 5.41. The number of methoxy groups -OCH3 is 1. The Morgan fingerprint density at radius 1 is 1.33 bits per heavy atom. The van der Waals surface area contributed by atoms with Gasteiger partial charge in [-0.2, -0.15) is 0 Å². The maximum atomic E-state index is 6.27. The van der Waals surface area contributed by atoms with E-state index in [4.69, 9.17) is 10.5 Å². The van der Waals surface area contributed by atoms with Crippen LogP contribution >= 0.6 is 0 Å².